The first-order valence-electron chi connectivity index (χ1n) is 7.07. The van der Waals surface area contributed by atoms with Crippen molar-refractivity contribution < 1.29 is 0 Å². The highest BCUT2D eigenvalue weighted by Crippen LogP contribution is 2.31. The van der Waals surface area contributed by atoms with E-state index in [0.29, 0.717) is 12.0 Å². The summed E-state index contributed by atoms with van der Waals surface area (Å²) in [6.45, 7) is 6.57. The van der Waals surface area contributed by atoms with Crippen LogP contribution in [0.2, 0.25) is 5.02 Å². The van der Waals surface area contributed by atoms with Crippen LogP contribution < -0.4 is 5.32 Å². The number of nitrogens with one attached hydrogen (secondary N) is 1. The minimum absolute atomic E-state index is 0.419. The number of hydrogen-bond donors (Lipinski definition) is 1. The standard InChI is InChI=1S/C16H26ClN/c1-5-7-13(8-6-2)16(18-4)14-10-9-12(3)15(17)11-14/h9-11,13,16,18H,5-8H2,1-4H3. The van der Waals surface area contributed by atoms with Crippen molar-refractivity contribution in [2.45, 2.75) is 52.5 Å². The van der Waals surface area contributed by atoms with Crippen molar-refractivity contribution in [1.82, 2.24) is 5.32 Å². The molecule has 1 N–H and O–H groups in total. The summed E-state index contributed by atoms with van der Waals surface area (Å²) in [4.78, 5) is 0. The molecule has 0 heterocycles. The maximum absolute atomic E-state index is 6.25. The molecular formula is C16H26ClN. The summed E-state index contributed by atoms with van der Waals surface area (Å²) in [7, 11) is 2.05. The molecule has 2 heteroatoms. The van der Waals surface area contributed by atoms with E-state index in [1.807, 2.05) is 0 Å². The van der Waals surface area contributed by atoms with Crippen LogP contribution in [-0.4, -0.2) is 7.05 Å². The van der Waals surface area contributed by atoms with E-state index in [1.165, 1.54) is 31.2 Å². The zero-order valence-corrected chi connectivity index (χ0v) is 12.8. The Hall–Kier alpha value is -0.530. The van der Waals surface area contributed by atoms with Gasteiger partial charge in [0.05, 0.1) is 0 Å². The van der Waals surface area contributed by atoms with E-state index in [9.17, 15) is 0 Å². The predicted molar refractivity (Wildman–Crippen MR) is 81.3 cm³/mol. The summed E-state index contributed by atoms with van der Waals surface area (Å²) < 4.78 is 0. The zero-order valence-electron chi connectivity index (χ0n) is 12.1. The molecule has 0 saturated carbocycles. The maximum atomic E-state index is 6.25. The maximum Gasteiger partial charge on any atom is 0.0438 e. The molecule has 1 aromatic rings. The predicted octanol–water partition coefficient (Wildman–Crippen LogP) is 5.13. The van der Waals surface area contributed by atoms with Crippen LogP contribution in [0.25, 0.3) is 0 Å². The molecule has 0 amide bonds. The van der Waals surface area contributed by atoms with Gasteiger partial charge in [-0.05, 0) is 49.9 Å². The Morgan fingerprint density at radius 1 is 1.17 bits per heavy atom. The summed E-state index contributed by atoms with van der Waals surface area (Å²) >= 11 is 6.25. The van der Waals surface area contributed by atoms with Crippen LogP contribution in [0.3, 0.4) is 0 Å². The molecule has 1 rings (SSSR count). The second kappa shape index (κ2) is 7.81. The smallest absolute Gasteiger partial charge is 0.0438 e. The van der Waals surface area contributed by atoms with Gasteiger partial charge in [0.25, 0.3) is 0 Å². The van der Waals surface area contributed by atoms with Gasteiger partial charge in [-0.3, -0.25) is 0 Å². The van der Waals surface area contributed by atoms with Gasteiger partial charge in [0.2, 0.25) is 0 Å². The Labute approximate surface area is 117 Å². The van der Waals surface area contributed by atoms with Crippen LogP contribution in [0, 0.1) is 12.8 Å². The summed E-state index contributed by atoms with van der Waals surface area (Å²) in [5.74, 6) is 0.698. The van der Waals surface area contributed by atoms with Crippen LogP contribution in [0.1, 0.15) is 56.7 Å². The quantitative estimate of drug-likeness (QED) is 0.723. The number of aryl methyl sites for hydroxylation is 1. The van der Waals surface area contributed by atoms with Crippen molar-refractivity contribution in [3.63, 3.8) is 0 Å². The van der Waals surface area contributed by atoms with E-state index in [1.54, 1.807) is 0 Å². The van der Waals surface area contributed by atoms with Crippen LogP contribution in [-0.2, 0) is 0 Å². The highest BCUT2D eigenvalue weighted by atomic mass is 35.5. The van der Waals surface area contributed by atoms with E-state index in [2.05, 4.69) is 51.3 Å². The first-order valence-corrected chi connectivity index (χ1v) is 7.45. The average Bonchev–Trinajstić information content (AvgIpc) is 2.35. The Kier molecular flexibility index (Phi) is 6.73. The van der Waals surface area contributed by atoms with Gasteiger partial charge < -0.3 is 5.32 Å². The number of halogens is 1. The molecule has 1 unspecified atom stereocenters. The molecule has 0 aliphatic heterocycles. The zero-order chi connectivity index (χ0) is 13.5. The minimum atomic E-state index is 0.419. The van der Waals surface area contributed by atoms with E-state index < -0.39 is 0 Å². The summed E-state index contributed by atoms with van der Waals surface area (Å²) in [5.41, 5.74) is 2.47. The lowest BCUT2D eigenvalue weighted by Crippen LogP contribution is -2.25. The van der Waals surface area contributed by atoms with Crippen molar-refractivity contribution >= 4 is 11.6 Å². The largest absolute Gasteiger partial charge is 0.313 e. The summed E-state index contributed by atoms with van der Waals surface area (Å²) in [6, 6.07) is 6.87. The highest BCUT2D eigenvalue weighted by Gasteiger charge is 2.20. The normalized spacial score (nSPS) is 13.0. The van der Waals surface area contributed by atoms with Crippen molar-refractivity contribution in [2.75, 3.05) is 7.05 Å². The SMILES string of the molecule is CCCC(CCC)C(NC)c1ccc(C)c(Cl)c1. The average molecular weight is 268 g/mol. The Balaban J connectivity index is 2.94. The van der Waals surface area contributed by atoms with Crippen LogP contribution in [0.5, 0.6) is 0 Å². The van der Waals surface area contributed by atoms with E-state index in [-0.39, 0.29) is 0 Å². The van der Waals surface area contributed by atoms with Crippen molar-refractivity contribution in [2.24, 2.45) is 5.92 Å². The molecular weight excluding hydrogens is 242 g/mol. The van der Waals surface area contributed by atoms with Crippen LogP contribution in [0.4, 0.5) is 0 Å². The third-order valence-corrected chi connectivity index (χ3v) is 4.06. The lowest BCUT2D eigenvalue weighted by molar-refractivity contribution is 0.331. The molecule has 1 aromatic carbocycles. The van der Waals surface area contributed by atoms with E-state index in [0.717, 1.165) is 10.6 Å². The van der Waals surface area contributed by atoms with Gasteiger partial charge in [0.15, 0.2) is 0 Å². The van der Waals surface area contributed by atoms with Gasteiger partial charge in [0.1, 0.15) is 0 Å². The lowest BCUT2D eigenvalue weighted by Gasteiger charge is -2.27. The minimum Gasteiger partial charge on any atom is -0.313 e. The molecule has 0 aliphatic rings. The lowest BCUT2D eigenvalue weighted by atomic mass is 9.86. The van der Waals surface area contributed by atoms with Crippen LogP contribution >= 0.6 is 11.6 Å². The third-order valence-electron chi connectivity index (χ3n) is 3.66. The van der Waals surface area contributed by atoms with Crippen molar-refractivity contribution in [1.29, 1.82) is 0 Å². The fourth-order valence-corrected chi connectivity index (χ4v) is 2.89. The monoisotopic (exact) mass is 267 g/mol. The fourth-order valence-electron chi connectivity index (χ4n) is 2.70. The van der Waals surface area contributed by atoms with Gasteiger partial charge in [-0.25, -0.2) is 0 Å². The molecule has 0 bridgehead atoms. The van der Waals surface area contributed by atoms with Gasteiger partial charge >= 0.3 is 0 Å². The molecule has 0 radical (unpaired) electrons. The summed E-state index contributed by atoms with van der Waals surface area (Å²) in [5, 5.41) is 4.35. The van der Waals surface area contributed by atoms with Gasteiger partial charge in [-0.1, -0.05) is 50.4 Å². The van der Waals surface area contributed by atoms with Crippen LogP contribution in [0.15, 0.2) is 18.2 Å². The molecule has 102 valence electrons. The van der Waals surface area contributed by atoms with Crippen molar-refractivity contribution in [3.8, 4) is 0 Å². The molecule has 18 heavy (non-hydrogen) atoms. The second-order valence-corrected chi connectivity index (χ2v) is 5.52. The van der Waals surface area contributed by atoms with Crippen molar-refractivity contribution in [3.05, 3.63) is 34.3 Å². The molecule has 0 saturated heterocycles. The number of benzene rings is 1. The number of hydrogen-bond acceptors (Lipinski definition) is 1. The van der Waals surface area contributed by atoms with Gasteiger partial charge in [-0.15, -0.1) is 0 Å². The molecule has 0 fully saturated rings. The molecule has 0 aromatic heterocycles. The molecule has 1 nitrogen and oxygen atoms in total. The van der Waals surface area contributed by atoms with E-state index in [4.69, 9.17) is 11.6 Å². The Morgan fingerprint density at radius 2 is 1.78 bits per heavy atom. The fraction of sp³-hybridized carbons (Fsp3) is 0.625. The molecule has 0 aliphatic carbocycles. The highest BCUT2D eigenvalue weighted by molar-refractivity contribution is 6.31. The number of rotatable bonds is 7. The van der Waals surface area contributed by atoms with Gasteiger partial charge in [0, 0.05) is 11.1 Å². The first-order chi connectivity index (χ1) is 8.63. The molecule has 1 atom stereocenters. The Morgan fingerprint density at radius 3 is 2.22 bits per heavy atom. The topological polar surface area (TPSA) is 12.0 Å². The first kappa shape index (κ1) is 15.5. The van der Waals surface area contributed by atoms with E-state index >= 15 is 0 Å². The molecule has 0 spiro atoms. The second-order valence-electron chi connectivity index (χ2n) is 5.11. The third kappa shape index (κ3) is 4.00. The van der Waals surface area contributed by atoms with Gasteiger partial charge in [-0.2, -0.15) is 0 Å². The Bertz CT molecular complexity index is 356. The summed E-state index contributed by atoms with van der Waals surface area (Å²) in [6.07, 6.45) is 5.01.